The van der Waals surface area contributed by atoms with Crippen molar-refractivity contribution in [3.05, 3.63) is 0 Å². The van der Waals surface area contributed by atoms with Crippen molar-refractivity contribution in [2.75, 3.05) is 13.2 Å². The van der Waals surface area contributed by atoms with E-state index in [-0.39, 0.29) is 54.0 Å². The fourth-order valence-electron chi connectivity index (χ4n) is 6.66. The lowest BCUT2D eigenvalue weighted by Crippen LogP contribution is -2.65. The van der Waals surface area contributed by atoms with Crippen molar-refractivity contribution in [2.24, 2.45) is 17.3 Å². The third-order valence-electron chi connectivity index (χ3n) is 9.13. The minimum Gasteiger partial charge on any atom is -0.392 e. The maximum absolute atomic E-state index is 13.1. The van der Waals surface area contributed by atoms with E-state index in [2.05, 4.69) is 10.6 Å². The Bertz CT molecular complexity index is 799. The molecular weight excluding hydrogens is 520 g/mol. The van der Waals surface area contributed by atoms with Crippen LogP contribution in [-0.2, 0) is 14.3 Å². The molecule has 0 aliphatic heterocycles. The molecule has 0 aromatic rings. The minimum atomic E-state index is -4.15. The van der Waals surface area contributed by atoms with Gasteiger partial charge in [-0.2, -0.15) is 13.2 Å². The first-order valence-electron chi connectivity index (χ1n) is 13.2. The highest BCUT2D eigenvalue weighted by Gasteiger charge is 2.58. The maximum Gasteiger partial charge on any atom is 0.391 e. The van der Waals surface area contributed by atoms with Crippen LogP contribution < -0.4 is 10.6 Å². The second-order valence-electron chi connectivity index (χ2n) is 11.5. The number of amides is 2. The van der Waals surface area contributed by atoms with Gasteiger partial charge in [0.15, 0.2) is 0 Å². The highest BCUT2D eigenvalue weighted by atomic mass is 35.5. The number of rotatable bonds is 7. The molecule has 0 spiro atoms. The highest BCUT2D eigenvalue weighted by Crippen LogP contribution is 2.52. The van der Waals surface area contributed by atoms with E-state index in [1.54, 1.807) is 0 Å². The number of aliphatic hydroxyl groups is 1. The Hall–Kier alpha value is -0.770. The number of hydrogen-bond donors (Lipinski definition) is 3. The summed E-state index contributed by atoms with van der Waals surface area (Å²) >= 11 is 12.3. The molecule has 5 rings (SSSR count). The number of ether oxygens (including phenoxy) is 1. The number of carbonyl (C=O) groups is 2. The summed E-state index contributed by atoms with van der Waals surface area (Å²) in [4.78, 5) is 25.8. The molecule has 11 heteroatoms. The first-order valence-corrected chi connectivity index (χ1v) is 14.0. The Balaban J connectivity index is 1.22. The number of nitrogens with one attached hydrogen (secondary N) is 2. The molecule has 0 radical (unpaired) electrons. The lowest BCUT2D eigenvalue weighted by Gasteiger charge is -2.55. The summed E-state index contributed by atoms with van der Waals surface area (Å²) in [5, 5.41) is 16.7. The molecule has 0 heterocycles. The Kier molecular flexibility index (Phi) is 8.75. The number of halogens is 5. The van der Waals surface area contributed by atoms with Gasteiger partial charge in [0, 0.05) is 12.1 Å². The molecule has 5 fully saturated rings. The molecule has 5 aliphatic rings. The van der Waals surface area contributed by atoms with Crippen molar-refractivity contribution in [1.82, 2.24) is 10.6 Å². The van der Waals surface area contributed by atoms with Gasteiger partial charge in [-0.05, 0) is 83.0 Å². The van der Waals surface area contributed by atoms with E-state index in [9.17, 15) is 27.9 Å². The number of alkyl halides is 5. The van der Waals surface area contributed by atoms with Crippen LogP contribution in [0.2, 0.25) is 0 Å². The summed E-state index contributed by atoms with van der Waals surface area (Å²) in [6.07, 6.45) is 0.429. The zero-order valence-electron chi connectivity index (χ0n) is 20.4. The molecule has 2 bridgehead atoms. The second-order valence-corrected chi connectivity index (χ2v) is 12.6. The van der Waals surface area contributed by atoms with Crippen LogP contribution in [0.4, 0.5) is 13.2 Å². The number of fused-ring (bicyclic) bond motifs is 3. The van der Waals surface area contributed by atoms with Crippen molar-refractivity contribution in [3.63, 3.8) is 0 Å². The van der Waals surface area contributed by atoms with Gasteiger partial charge < -0.3 is 20.5 Å². The summed E-state index contributed by atoms with van der Waals surface area (Å²) in [6, 6.07) is 0. The van der Waals surface area contributed by atoms with E-state index in [1.807, 2.05) is 0 Å². The largest absolute Gasteiger partial charge is 0.392 e. The smallest absolute Gasteiger partial charge is 0.391 e. The fourth-order valence-corrected chi connectivity index (χ4v) is 7.21. The van der Waals surface area contributed by atoms with Gasteiger partial charge in [0.05, 0.1) is 34.3 Å². The third-order valence-corrected chi connectivity index (χ3v) is 10.3. The van der Waals surface area contributed by atoms with Crippen LogP contribution in [0.5, 0.6) is 0 Å². The van der Waals surface area contributed by atoms with Gasteiger partial charge in [0.1, 0.15) is 6.61 Å². The molecule has 0 saturated heterocycles. The molecule has 5 aliphatic carbocycles. The van der Waals surface area contributed by atoms with Gasteiger partial charge in [-0.15, -0.1) is 23.2 Å². The van der Waals surface area contributed by atoms with Crippen LogP contribution >= 0.6 is 23.2 Å². The van der Waals surface area contributed by atoms with Crippen LogP contribution in [0, 0.1) is 17.3 Å². The van der Waals surface area contributed by atoms with E-state index < -0.39 is 29.2 Å². The van der Waals surface area contributed by atoms with Gasteiger partial charge in [0.25, 0.3) is 0 Å². The van der Waals surface area contributed by atoms with Crippen LogP contribution in [-0.4, -0.2) is 64.7 Å². The number of aliphatic hydroxyl groups excluding tert-OH is 1. The van der Waals surface area contributed by atoms with E-state index in [0.717, 1.165) is 12.8 Å². The average Bonchev–Trinajstić information content (AvgIpc) is 2.83. The molecule has 206 valence electrons. The second kappa shape index (κ2) is 11.1. The molecule has 2 amide bonds. The van der Waals surface area contributed by atoms with Gasteiger partial charge in [-0.25, -0.2) is 0 Å². The van der Waals surface area contributed by atoms with Crippen LogP contribution in [0.15, 0.2) is 0 Å². The fraction of sp³-hybridized carbons (Fsp3) is 0.920. The maximum atomic E-state index is 13.1. The molecule has 3 N–H and O–H groups in total. The molecule has 0 aromatic heterocycles. The lowest BCUT2D eigenvalue weighted by atomic mass is 9.55. The summed E-state index contributed by atoms with van der Waals surface area (Å²) < 4.78 is 44.4. The monoisotopic (exact) mass is 556 g/mol. The summed E-state index contributed by atoms with van der Waals surface area (Å²) in [5.74, 6) is -1.68. The van der Waals surface area contributed by atoms with Crippen molar-refractivity contribution in [2.45, 2.75) is 112 Å². The van der Waals surface area contributed by atoms with E-state index in [1.165, 1.54) is 0 Å². The molecule has 6 nitrogen and oxygen atoms in total. The quantitative estimate of drug-likeness (QED) is 0.404. The molecular formula is C25H37Cl2F3N2O4. The van der Waals surface area contributed by atoms with Crippen molar-refractivity contribution < 1.29 is 32.6 Å². The first kappa shape index (κ1) is 28.2. The van der Waals surface area contributed by atoms with Gasteiger partial charge in [-0.1, -0.05) is 0 Å². The zero-order valence-corrected chi connectivity index (χ0v) is 21.9. The lowest BCUT2D eigenvalue weighted by molar-refractivity contribution is -0.184. The topological polar surface area (TPSA) is 87.7 Å². The van der Waals surface area contributed by atoms with Crippen LogP contribution in [0.3, 0.4) is 0 Å². The molecule has 4 atom stereocenters. The van der Waals surface area contributed by atoms with Crippen LogP contribution in [0.1, 0.15) is 77.0 Å². The van der Waals surface area contributed by atoms with E-state index in [4.69, 9.17) is 27.9 Å². The average molecular weight is 557 g/mol. The van der Waals surface area contributed by atoms with Gasteiger partial charge in [-0.3, -0.25) is 9.59 Å². The standard InChI is InChI=1S/C25H37Cl2F3N2O4/c26-18-6-5-17(11-19(18)27)36-14-21(34)32-23-7-9-24(10-8-23,20(33)12-23)22(35)31-13-15-1-3-16(4-2-15)25(28,29)30/h15-20,33H,1-14H2,(H,31,35)(H,32,34)/t15?,16?,17?,18?,19?,20-,23?,24?/m0/s1. The molecule has 36 heavy (non-hydrogen) atoms. The van der Waals surface area contributed by atoms with Gasteiger partial charge >= 0.3 is 6.18 Å². The Morgan fingerprint density at radius 1 is 0.972 bits per heavy atom. The number of carbonyl (C=O) groups excluding carboxylic acids is 2. The van der Waals surface area contributed by atoms with Gasteiger partial charge in [0.2, 0.25) is 11.8 Å². The Morgan fingerprint density at radius 3 is 2.22 bits per heavy atom. The van der Waals surface area contributed by atoms with E-state index >= 15 is 0 Å². The van der Waals surface area contributed by atoms with Crippen molar-refractivity contribution in [1.29, 1.82) is 0 Å². The zero-order chi connectivity index (χ0) is 26.1. The van der Waals surface area contributed by atoms with Crippen molar-refractivity contribution in [3.8, 4) is 0 Å². The van der Waals surface area contributed by atoms with Crippen molar-refractivity contribution >= 4 is 35.0 Å². The predicted octanol–water partition coefficient (Wildman–Crippen LogP) is 4.44. The summed E-state index contributed by atoms with van der Waals surface area (Å²) in [7, 11) is 0. The molecule has 0 aromatic carbocycles. The highest BCUT2D eigenvalue weighted by molar-refractivity contribution is 6.30. The normalized spacial score (nSPS) is 41.1. The predicted molar refractivity (Wildman–Crippen MR) is 130 cm³/mol. The molecule has 3 unspecified atom stereocenters. The van der Waals surface area contributed by atoms with Crippen LogP contribution in [0.25, 0.3) is 0 Å². The summed E-state index contributed by atoms with van der Waals surface area (Å²) in [5.41, 5.74) is -1.46. The third kappa shape index (κ3) is 6.26. The van der Waals surface area contributed by atoms with E-state index in [0.29, 0.717) is 57.9 Å². The Labute approximate surface area is 220 Å². The first-order chi connectivity index (χ1) is 16.9. The minimum absolute atomic E-state index is 0.0280. The number of hydrogen-bond acceptors (Lipinski definition) is 4. The summed E-state index contributed by atoms with van der Waals surface area (Å²) in [6.45, 7) is 0.257. The SMILES string of the molecule is O=C(COC1CCC(Cl)C(Cl)C1)NC12CCC(C(=O)NCC3CCC(C(F)(F)F)CC3)(CC1)[C@@H](O)C2. The molecule has 5 saturated carbocycles. The Morgan fingerprint density at radius 2 is 1.64 bits per heavy atom.